The summed E-state index contributed by atoms with van der Waals surface area (Å²) in [6.45, 7) is 4.60. The first-order valence-corrected chi connectivity index (χ1v) is 9.12. The Morgan fingerprint density at radius 3 is 2.64 bits per heavy atom. The zero-order valence-corrected chi connectivity index (χ0v) is 16.3. The van der Waals surface area contributed by atoms with Crippen molar-refractivity contribution in [2.75, 3.05) is 19.0 Å². The summed E-state index contributed by atoms with van der Waals surface area (Å²) in [5.41, 5.74) is 4.68. The SMILES string of the molecule is COc1cccc(CCNC(=O)c2cnc(Nc3ccc(C)cc3C)cn2)c1. The molecule has 2 N–H and O–H groups in total. The largest absolute Gasteiger partial charge is 0.497 e. The molecule has 3 rings (SSSR count). The summed E-state index contributed by atoms with van der Waals surface area (Å²) in [6, 6.07) is 13.9. The molecule has 0 saturated carbocycles. The molecule has 1 amide bonds. The molecule has 0 bridgehead atoms. The first kappa shape index (κ1) is 19.4. The van der Waals surface area contributed by atoms with E-state index in [2.05, 4.69) is 33.6 Å². The summed E-state index contributed by atoms with van der Waals surface area (Å²) < 4.78 is 5.21. The number of nitrogens with zero attached hydrogens (tertiary/aromatic N) is 2. The molecule has 0 fully saturated rings. The molecule has 144 valence electrons. The Morgan fingerprint density at radius 2 is 1.93 bits per heavy atom. The highest BCUT2D eigenvalue weighted by atomic mass is 16.5. The second-order valence-electron chi connectivity index (χ2n) is 6.59. The van der Waals surface area contributed by atoms with Crippen LogP contribution in [0.3, 0.4) is 0 Å². The molecule has 3 aromatic rings. The summed E-state index contributed by atoms with van der Waals surface area (Å²) in [5, 5.41) is 6.09. The maximum absolute atomic E-state index is 12.3. The van der Waals surface area contributed by atoms with Gasteiger partial charge in [-0.1, -0.05) is 29.8 Å². The van der Waals surface area contributed by atoms with Gasteiger partial charge in [0.15, 0.2) is 0 Å². The van der Waals surface area contributed by atoms with Gasteiger partial charge in [0.05, 0.1) is 19.5 Å². The van der Waals surface area contributed by atoms with Gasteiger partial charge in [-0.15, -0.1) is 0 Å². The number of carbonyl (C=O) groups excluding carboxylic acids is 1. The average molecular weight is 376 g/mol. The summed E-state index contributed by atoms with van der Waals surface area (Å²) in [7, 11) is 1.64. The molecule has 0 spiro atoms. The third-order valence-corrected chi connectivity index (χ3v) is 4.36. The minimum Gasteiger partial charge on any atom is -0.497 e. The number of rotatable bonds is 7. The molecule has 6 nitrogen and oxygen atoms in total. The molecule has 0 atom stereocenters. The Hall–Kier alpha value is -3.41. The van der Waals surface area contributed by atoms with Gasteiger partial charge in [-0.3, -0.25) is 4.79 Å². The van der Waals surface area contributed by atoms with Crippen LogP contribution in [0, 0.1) is 13.8 Å². The Bertz CT molecular complexity index is 955. The Balaban J connectivity index is 1.54. The van der Waals surface area contributed by atoms with Gasteiger partial charge in [0.2, 0.25) is 0 Å². The maximum atomic E-state index is 12.3. The highest BCUT2D eigenvalue weighted by molar-refractivity contribution is 5.92. The zero-order valence-electron chi connectivity index (χ0n) is 16.3. The molecule has 1 heterocycles. The van der Waals surface area contributed by atoms with Gasteiger partial charge in [0.1, 0.15) is 17.3 Å². The van der Waals surface area contributed by atoms with E-state index in [0.29, 0.717) is 18.8 Å². The second-order valence-corrected chi connectivity index (χ2v) is 6.59. The molecule has 1 aromatic heterocycles. The minimum absolute atomic E-state index is 0.242. The van der Waals surface area contributed by atoms with Gasteiger partial charge in [-0.05, 0) is 49.6 Å². The van der Waals surface area contributed by atoms with Crippen LogP contribution in [0.15, 0.2) is 54.9 Å². The molecule has 0 aliphatic carbocycles. The molecule has 0 radical (unpaired) electrons. The summed E-state index contributed by atoms with van der Waals surface area (Å²) in [6.07, 6.45) is 3.76. The van der Waals surface area contributed by atoms with E-state index in [9.17, 15) is 4.79 Å². The summed E-state index contributed by atoms with van der Waals surface area (Å²) >= 11 is 0. The van der Waals surface area contributed by atoms with Crippen molar-refractivity contribution in [2.45, 2.75) is 20.3 Å². The standard InChI is InChI=1S/C22H24N4O2/c1-15-7-8-19(16(2)11-15)26-21-14-24-20(13-25-21)22(27)23-10-9-17-5-4-6-18(12-17)28-3/h4-8,11-14H,9-10H2,1-3H3,(H,23,27)(H,25,26). The molecule has 6 heteroatoms. The fourth-order valence-corrected chi connectivity index (χ4v) is 2.84. The van der Waals surface area contributed by atoms with Crippen LogP contribution in [0.5, 0.6) is 5.75 Å². The van der Waals surface area contributed by atoms with Crippen LogP contribution >= 0.6 is 0 Å². The lowest BCUT2D eigenvalue weighted by Crippen LogP contribution is -2.26. The molecule has 0 aliphatic rings. The molecule has 2 aromatic carbocycles. The fraction of sp³-hybridized carbons (Fsp3) is 0.227. The predicted molar refractivity (Wildman–Crippen MR) is 110 cm³/mol. The molecular weight excluding hydrogens is 352 g/mol. The normalized spacial score (nSPS) is 10.4. The van der Waals surface area contributed by atoms with E-state index < -0.39 is 0 Å². The predicted octanol–water partition coefficient (Wildman–Crippen LogP) is 3.82. The van der Waals surface area contributed by atoms with Crippen LogP contribution in [0.25, 0.3) is 0 Å². The zero-order chi connectivity index (χ0) is 19.9. The van der Waals surface area contributed by atoms with Crippen LogP contribution in [0.2, 0.25) is 0 Å². The van der Waals surface area contributed by atoms with Crippen LogP contribution in [0.1, 0.15) is 27.2 Å². The highest BCUT2D eigenvalue weighted by Crippen LogP contribution is 2.19. The van der Waals surface area contributed by atoms with E-state index in [1.165, 1.54) is 11.8 Å². The summed E-state index contributed by atoms with van der Waals surface area (Å²) in [4.78, 5) is 20.8. The third kappa shape index (κ3) is 5.07. The number of nitrogens with one attached hydrogen (secondary N) is 2. The lowest BCUT2D eigenvalue weighted by Gasteiger charge is -2.10. The van der Waals surface area contributed by atoms with Crippen molar-refractivity contribution in [3.63, 3.8) is 0 Å². The van der Waals surface area contributed by atoms with E-state index in [1.54, 1.807) is 13.3 Å². The Labute approximate surface area is 165 Å². The third-order valence-electron chi connectivity index (χ3n) is 4.36. The van der Waals surface area contributed by atoms with Crippen molar-refractivity contribution < 1.29 is 9.53 Å². The van der Waals surface area contributed by atoms with E-state index >= 15 is 0 Å². The lowest BCUT2D eigenvalue weighted by atomic mass is 10.1. The second kappa shape index (κ2) is 8.99. The number of hydrogen-bond donors (Lipinski definition) is 2. The number of carbonyl (C=O) groups is 1. The monoisotopic (exact) mass is 376 g/mol. The van der Waals surface area contributed by atoms with Crippen LogP contribution < -0.4 is 15.4 Å². The molecule has 0 saturated heterocycles. The smallest absolute Gasteiger partial charge is 0.271 e. The Kier molecular flexibility index (Phi) is 6.22. The quantitative estimate of drug-likeness (QED) is 0.656. The van der Waals surface area contributed by atoms with Crippen molar-refractivity contribution >= 4 is 17.4 Å². The molecule has 0 aliphatic heterocycles. The van der Waals surface area contributed by atoms with Crippen molar-refractivity contribution in [3.8, 4) is 5.75 Å². The number of amides is 1. The van der Waals surface area contributed by atoms with Gasteiger partial charge < -0.3 is 15.4 Å². The average Bonchev–Trinajstić information content (AvgIpc) is 2.71. The molecule has 0 unspecified atom stereocenters. The van der Waals surface area contributed by atoms with Crippen molar-refractivity contribution in [1.82, 2.24) is 15.3 Å². The van der Waals surface area contributed by atoms with Gasteiger partial charge in [-0.2, -0.15) is 0 Å². The fourth-order valence-electron chi connectivity index (χ4n) is 2.84. The van der Waals surface area contributed by atoms with Gasteiger partial charge in [0, 0.05) is 12.2 Å². The molecule has 28 heavy (non-hydrogen) atoms. The van der Waals surface area contributed by atoms with Crippen LogP contribution in [0.4, 0.5) is 11.5 Å². The van der Waals surface area contributed by atoms with E-state index in [4.69, 9.17) is 4.74 Å². The number of hydrogen-bond acceptors (Lipinski definition) is 5. The van der Waals surface area contributed by atoms with Gasteiger partial charge in [-0.25, -0.2) is 9.97 Å². The van der Waals surface area contributed by atoms with Crippen molar-refractivity contribution in [3.05, 3.63) is 77.2 Å². The van der Waals surface area contributed by atoms with Crippen LogP contribution in [-0.4, -0.2) is 29.5 Å². The van der Waals surface area contributed by atoms with E-state index in [0.717, 1.165) is 22.6 Å². The minimum atomic E-state index is -0.242. The molecular formula is C22H24N4O2. The first-order chi connectivity index (χ1) is 13.5. The van der Waals surface area contributed by atoms with E-state index in [-0.39, 0.29) is 11.6 Å². The number of anilines is 2. The van der Waals surface area contributed by atoms with Gasteiger partial charge in [0.25, 0.3) is 5.91 Å². The lowest BCUT2D eigenvalue weighted by molar-refractivity contribution is 0.0949. The summed E-state index contributed by atoms with van der Waals surface area (Å²) in [5.74, 6) is 1.16. The van der Waals surface area contributed by atoms with Crippen molar-refractivity contribution in [1.29, 1.82) is 0 Å². The number of aryl methyl sites for hydroxylation is 2. The van der Waals surface area contributed by atoms with Gasteiger partial charge >= 0.3 is 0 Å². The number of ether oxygens (including phenoxy) is 1. The van der Waals surface area contributed by atoms with E-state index in [1.807, 2.05) is 43.3 Å². The van der Waals surface area contributed by atoms with Crippen LogP contribution in [-0.2, 0) is 6.42 Å². The number of aromatic nitrogens is 2. The maximum Gasteiger partial charge on any atom is 0.271 e. The number of methoxy groups -OCH3 is 1. The first-order valence-electron chi connectivity index (χ1n) is 9.12. The van der Waals surface area contributed by atoms with Crippen molar-refractivity contribution in [2.24, 2.45) is 0 Å². The topological polar surface area (TPSA) is 76.1 Å². The Morgan fingerprint density at radius 1 is 1.07 bits per heavy atom. The highest BCUT2D eigenvalue weighted by Gasteiger charge is 2.08. The number of benzene rings is 2.